The first-order valence-corrected chi connectivity index (χ1v) is 7.70. The number of amides is 1. The predicted molar refractivity (Wildman–Crippen MR) is 83.4 cm³/mol. The predicted octanol–water partition coefficient (Wildman–Crippen LogP) is 3.08. The van der Waals surface area contributed by atoms with Gasteiger partial charge in [0.05, 0.1) is 17.9 Å². The number of carbonyl (C=O) groups excluding carboxylic acids is 1. The second-order valence-electron chi connectivity index (χ2n) is 4.83. The van der Waals surface area contributed by atoms with Crippen LogP contribution in [0, 0.1) is 0 Å². The van der Waals surface area contributed by atoms with Crippen LogP contribution in [-0.4, -0.2) is 36.6 Å². The van der Waals surface area contributed by atoms with Crippen molar-refractivity contribution in [2.75, 3.05) is 25.6 Å². The van der Waals surface area contributed by atoms with Gasteiger partial charge < -0.3 is 9.64 Å². The van der Waals surface area contributed by atoms with E-state index >= 15 is 0 Å². The van der Waals surface area contributed by atoms with E-state index in [0.29, 0.717) is 5.13 Å². The first-order valence-electron chi connectivity index (χ1n) is 6.89. The van der Waals surface area contributed by atoms with E-state index in [0.717, 1.165) is 23.5 Å². The Kier molecular flexibility index (Phi) is 5.27. The molecule has 1 aromatic heterocycles. The second kappa shape index (κ2) is 7.04. The van der Waals surface area contributed by atoms with E-state index in [1.165, 1.54) is 16.8 Å². The fraction of sp³-hybridized carbons (Fsp3) is 0.357. The maximum Gasteiger partial charge on any atom is 0.436 e. The summed E-state index contributed by atoms with van der Waals surface area (Å²) in [5.41, 5.74) is -0.661. The van der Waals surface area contributed by atoms with Crippen LogP contribution >= 0.6 is 11.3 Å². The van der Waals surface area contributed by atoms with Gasteiger partial charge in [0, 0.05) is 14.1 Å². The highest BCUT2D eigenvalue weighted by Gasteiger charge is 2.30. The Morgan fingerprint density at radius 3 is 2.71 bits per heavy atom. The summed E-state index contributed by atoms with van der Waals surface area (Å²) in [4.78, 5) is 17.1. The highest BCUT2D eigenvalue weighted by Crippen LogP contribution is 2.30. The van der Waals surface area contributed by atoms with Crippen LogP contribution in [-0.2, 0) is 10.9 Å². The van der Waals surface area contributed by atoms with E-state index in [4.69, 9.17) is 4.74 Å². The van der Waals surface area contributed by atoms with E-state index in [1.807, 2.05) is 0 Å². The van der Waals surface area contributed by atoms with Crippen molar-refractivity contribution in [3.8, 4) is 5.69 Å². The van der Waals surface area contributed by atoms with Gasteiger partial charge in [0.1, 0.15) is 0 Å². The SMILES string of the molecule is CCOC(=O)N=c1sc(N(C)C)nn1-c1cccc(C(F)(F)F)c1. The van der Waals surface area contributed by atoms with E-state index in [-0.39, 0.29) is 17.1 Å². The third-order valence-electron chi connectivity index (χ3n) is 2.80. The van der Waals surface area contributed by atoms with Crippen LogP contribution in [0.3, 0.4) is 0 Å². The van der Waals surface area contributed by atoms with E-state index in [9.17, 15) is 18.0 Å². The lowest BCUT2D eigenvalue weighted by Gasteiger charge is -2.09. The molecule has 0 bridgehead atoms. The van der Waals surface area contributed by atoms with Gasteiger partial charge in [0.25, 0.3) is 0 Å². The molecule has 130 valence electrons. The van der Waals surface area contributed by atoms with Gasteiger partial charge in [0.15, 0.2) is 0 Å². The molecular formula is C14H15F3N4O2S. The molecule has 0 spiro atoms. The van der Waals surface area contributed by atoms with Crippen LogP contribution in [0.15, 0.2) is 29.3 Å². The molecule has 24 heavy (non-hydrogen) atoms. The summed E-state index contributed by atoms with van der Waals surface area (Å²) in [6, 6.07) is 4.64. The highest BCUT2D eigenvalue weighted by atomic mass is 32.1. The molecule has 0 N–H and O–H groups in total. The van der Waals surface area contributed by atoms with Gasteiger partial charge in [-0.3, -0.25) is 0 Å². The fourth-order valence-corrected chi connectivity index (χ4v) is 2.56. The molecule has 0 saturated carbocycles. The van der Waals surface area contributed by atoms with Gasteiger partial charge in [-0.25, -0.2) is 9.48 Å². The molecule has 0 aliphatic carbocycles. The maximum absolute atomic E-state index is 12.9. The third kappa shape index (κ3) is 4.13. The Labute approximate surface area is 139 Å². The number of carbonyl (C=O) groups is 1. The van der Waals surface area contributed by atoms with Crippen molar-refractivity contribution in [2.24, 2.45) is 4.99 Å². The molecule has 0 radical (unpaired) electrons. The summed E-state index contributed by atoms with van der Waals surface area (Å²) >= 11 is 1.06. The van der Waals surface area contributed by atoms with Crippen molar-refractivity contribution in [3.63, 3.8) is 0 Å². The van der Waals surface area contributed by atoms with Gasteiger partial charge in [0.2, 0.25) is 9.93 Å². The van der Waals surface area contributed by atoms with Gasteiger partial charge in [-0.2, -0.15) is 13.2 Å². The summed E-state index contributed by atoms with van der Waals surface area (Å²) < 4.78 is 44.6. The lowest BCUT2D eigenvalue weighted by Crippen LogP contribution is -2.18. The van der Waals surface area contributed by atoms with Gasteiger partial charge in [-0.1, -0.05) is 17.4 Å². The lowest BCUT2D eigenvalue weighted by molar-refractivity contribution is -0.137. The zero-order valence-corrected chi connectivity index (χ0v) is 14.0. The number of alkyl halides is 3. The molecule has 10 heteroatoms. The molecule has 1 amide bonds. The number of benzene rings is 1. The number of anilines is 1. The third-order valence-corrected chi connectivity index (χ3v) is 3.88. The summed E-state index contributed by atoms with van der Waals surface area (Å²) in [7, 11) is 3.45. The van der Waals surface area contributed by atoms with Gasteiger partial charge >= 0.3 is 12.3 Å². The molecule has 1 aromatic carbocycles. The van der Waals surface area contributed by atoms with E-state index < -0.39 is 17.8 Å². The van der Waals surface area contributed by atoms with E-state index in [1.54, 1.807) is 25.9 Å². The minimum absolute atomic E-state index is 0.122. The molecular weight excluding hydrogens is 345 g/mol. The summed E-state index contributed by atoms with van der Waals surface area (Å²) in [6.07, 6.45) is -5.30. The largest absolute Gasteiger partial charge is 0.448 e. The number of rotatable bonds is 3. The van der Waals surface area contributed by atoms with Gasteiger partial charge in [-0.15, -0.1) is 10.1 Å². The Bertz CT molecular complexity index is 796. The number of aromatic nitrogens is 2. The molecule has 1 heterocycles. The number of ether oxygens (including phenoxy) is 1. The number of halogens is 3. The monoisotopic (exact) mass is 360 g/mol. The van der Waals surface area contributed by atoms with Crippen molar-refractivity contribution in [3.05, 3.63) is 34.6 Å². The quantitative estimate of drug-likeness (QED) is 0.844. The summed E-state index contributed by atoms with van der Waals surface area (Å²) in [5, 5.41) is 4.69. The van der Waals surface area contributed by atoms with Crippen LogP contribution < -0.4 is 9.70 Å². The normalized spacial score (nSPS) is 12.3. The standard InChI is InChI=1S/C14H15F3N4O2S/c1-4-23-13(22)18-11-21(19-12(24-11)20(2)3)10-7-5-6-9(8-10)14(15,16)17/h5-8H,4H2,1-3H3. The number of nitrogens with zero attached hydrogens (tertiary/aromatic N) is 4. The first-order chi connectivity index (χ1) is 11.2. The molecule has 6 nitrogen and oxygen atoms in total. The molecule has 0 aliphatic rings. The van der Waals surface area contributed by atoms with E-state index in [2.05, 4.69) is 10.1 Å². The number of hydrogen-bond acceptors (Lipinski definition) is 5. The second-order valence-corrected chi connectivity index (χ2v) is 5.77. The molecule has 2 aromatic rings. The van der Waals surface area contributed by atoms with Crippen molar-refractivity contribution in [1.82, 2.24) is 9.78 Å². The van der Waals surface area contributed by atoms with Crippen molar-refractivity contribution >= 4 is 22.6 Å². The molecule has 0 atom stereocenters. The lowest BCUT2D eigenvalue weighted by atomic mass is 10.2. The van der Waals surface area contributed by atoms with Crippen LogP contribution in [0.2, 0.25) is 0 Å². The molecule has 0 aliphatic heterocycles. The van der Waals surface area contributed by atoms with Crippen LogP contribution in [0.25, 0.3) is 5.69 Å². The molecule has 0 fully saturated rings. The van der Waals surface area contributed by atoms with Crippen LogP contribution in [0.4, 0.5) is 23.1 Å². The zero-order valence-electron chi connectivity index (χ0n) is 13.2. The van der Waals surface area contributed by atoms with Gasteiger partial charge in [-0.05, 0) is 25.1 Å². The number of hydrogen-bond donors (Lipinski definition) is 0. The minimum atomic E-state index is -4.48. The average molecular weight is 360 g/mol. The Morgan fingerprint density at radius 1 is 1.42 bits per heavy atom. The first kappa shape index (κ1) is 18.0. The van der Waals surface area contributed by atoms with Crippen LogP contribution in [0.5, 0.6) is 0 Å². The summed E-state index contributed by atoms with van der Waals surface area (Å²) in [6.45, 7) is 1.78. The summed E-state index contributed by atoms with van der Waals surface area (Å²) in [5.74, 6) is 0. The highest BCUT2D eigenvalue weighted by molar-refractivity contribution is 7.13. The fourth-order valence-electron chi connectivity index (χ4n) is 1.74. The maximum atomic E-state index is 12.9. The topological polar surface area (TPSA) is 59.7 Å². The Hall–Kier alpha value is -2.36. The van der Waals surface area contributed by atoms with Crippen molar-refractivity contribution < 1.29 is 22.7 Å². The van der Waals surface area contributed by atoms with Crippen molar-refractivity contribution in [1.29, 1.82) is 0 Å². The molecule has 0 saturated heterocycles. The Morgan fingerprint density at radius 2 is 2.12 bits per heavy atom. The molecule has 2 rings (SSSR count). The Balaban J connectivity index is 2.59. The van der Waals surface area contributed by atoms with Crippen molar-refractivity contribution in [2.45, 2.75) is 13.1 Å². The van der Waals surface area contributed by atoms with Crippen LogP contribution in [0.1, 0.15) is 12.5 Å². The zero-order chi connectivity index (χ0) is 17.9. The average Bonchev–Trinajstić information content (AvgIpc) is 2.91. The minimum Gasteiger partial charge on any atom is -0.448 e. The molecule has 0 unspecified atom stereocenters. The smallest absolute Gasteiger partial charge is 0.436 e.